The lowest BCUT2D eigenvalue weighted by Gasteiger charge is -2.26. The quantitative estimate of drug-likeness (QED) is 0.268. The first-order valence-electron chi connectivity index (χ1n) is 9.45. The molecule has 9 heteroatoms. The molecule has 2 aromatic rings. The highest BCUT2D eigenvalue weighted by Crippen LogP contribution is 2.42. The zero-order valence-corrected chi connectivity index (χ0v) is 18.2. The Kier molecular flexibility index (Phi) is 7.56. The number of nitrogens with zero attached hydrogens (tertiary/aromatic N) is 1. The molecule has 1 unspecified atom stereocenters. The van der Waals surface area contributed by atoms with Crippen molar-refractivity contribution in [3.05, 3.63) is 69.2 Å². The third kappa shape index (κ3) is 4.85. The van der Waals surface area contributed by atoms with Gasteiger partial charge < -0.3 is 24.6 Å². The maximum Gasteiger partial charge on any atom is 0.295 e. The Balaban J connectivity index is 2.09. The molecule has 0 aromatic heterocycles. The zero-order valence-electron chi connectivity index (χ0n) is 16.7. The molecule has 2 N–H and O–H groups in total. The molecule has 1 heterocycles. The minimum atomic E-state index is -0.926. The van der Waals surface area contributed by atoms with Gasteiger partial charge in [0.05, 0.1) is 38.5 Å². The van der Waals surface area contributed by atoms with Crippen molar-refractivity contribution in [2.45, 2.75) is 6.04 Å². The van der Waals surface area contributed by atoms with Crippen molar-refractivity contribution in [3.8, 4) is 5.75 Å². The number of hydrogen-bond acceptors (Lipinski definition) is 6. The third-order valence-electron chi connectivity index (χ3n) is 4.87. The van der Waals surface area contributed by atoms with Crippen LogP contribution in [0.3, 0.4) is 0 Å². The van der Waals surface area contributed by atoms with E-state index < -0.39 is 17.7 Å². The smallest absolute Gasteiger partial charge is 0.295 e. The number of rotatable bonds is 8. The minimum Gasteiger partial charge on any atom is -0.507 e. The van der Waals surface area contributed by atoms with E-state index >= 15 is 0 Å². The van der Waals surface area contributed by atoms with Gasteiger partial charge in [0, 0.05) is 22.2 Å². The number of benzene rings is 2. The number of hydrogen-bond donors (Lipinski definition) is 2. The maximum atomic E-state index is 12.9. The van der Waals surface area contributed by atoms with Gasteiger partial charge in [-0.2, -0.15) is 0 Å². The molecule has 1 atom stereocenters. The van der Waals surface area contributed by atoms with Crippen molar-refractivity contribution in [2.75, 3.05) is 33.5 Å². The van der Waals surface area contributed by atoms with Crippen LogP contribution in [0.2, 0.25) is 10.0 Å². The summed E-state index contributed by atoms with van der Waals surface area (Å²) in [7, 11) is 1.52. The highest BCUT2D eigenvalue weighted by Gasteiger charge is 2.46. The molecule has 31 heavy (non-hydrogen) atoms. The molecule has 1 amide bonds. The standard InChI is InChI=1S/C22H21Cl2NO6/c1-30-15-5-2-13(3-6-15)20(27)18-19(16-7-4-14(23)12-17(16)24)25(22(29)21(18)28)8-10-31-11-9-26/h2-7,12,19,26-27H,8-11H2,1H3. The van der Waals surface area contributed by atoms with Gasteiger partial charge in [0.25, 0.3) is 11.7 Å². The first-order chi connectivity index (χ1) is 14.9. The second-order valence-electron chi connectivity index (χ2n) is 6.72. The summed E-state index contributed by atoms with van der Waals surface area (Å²) in [6, 6.07) is 10.2. The summed E-state index contributed by atoms with van der Waals surface area (Å²) in [5.74, 6) is -1.35. The highest BCUT2D eigenvalue weighted by molar-refractivity contribution is 6.47. The fourth-order valence-electron chi connectivity index (χ4n) is 3.39. The highest BCUT2D eigenvalue weighted by atomic mass is 35.5. The van der Waals surface area contributed by atoms with E-state index in [4.69, 9.17) is 37.8 Å². The Labute approximate surface area is 189 Å². The van der Waals surface area contributed by atoms with Crippen molar-refractivity contribution in [1.82, 2.24) is 4.90 Å². The van der Waals surface area contributed by atoms with Crippen molar-refractivity contribution in [2.24, 2.45) is 0 Å². The number of ether oxygens (including phenoxy) is 2. The molecule has 3 rings (SSSR count). The number of aliphatic hydroxyl groups is 2. The van der Waals surface area contributed by atoms with E-state index in [1.807, 2.05) is 0 Å². The second-order valence-corrected chi connectivity index (χ2v) is 7.57. The summed E-state index contributed by atoms with van der Waals surface area (Å²) in [5, 5.41) is 20.5. The minimum absolute atomic E-state index is 0.0631. The summed E-state index contributed by atoms with van der Waals surface area (Å²) in [4.78, 5) is 27.0. The van der Waals surface area contributed by atoms with Crippen molar-refractivity contribution in [3.63, 3.8) is 0 Å². The fourth-order valence-corrected chi connectivity index (χ4v) is 3.90. The molecule has 0 spiro atoms. The van der Waals surface area contributed by atoms with Crippen LogP contribution in [0.15, 0.2) is 48.0 Å². The predicted octanol–water partition coefficient (Wildman–Crippen LogP) is 3.43. The Hall–Kier alpha value is -2.58. The summed E-state index contributed by atoms with van der Waals surface area (Å²) >= 11 is 12.4. The molecular weight excluding hydrogens is 445 g/mol. The maximum absolute atomic E-state index is 12.9. The lowest BCUT2D eigenvalue weighted by molar-refractivity contribution is -0.140. The molecule has 1 aliphatic heterocycles. The Morgan fingerprint density at radius 1 is 1.10 bits per heavy atom. The number of Topliss-reactive ketones (excluding diaryl/α,β-unsaturated/α-hetero) is 1. The molecule has 1 aliphatic rings. The average molecular weight is 466 g/mol. The Bertz CT molecular complexity index is 1010. The summed E-state index contributed by atoms with van der Waals surface area (Å²) in [6.07, 6.45) is 0. The monoisotopic (exact) mass is 465 g/mol. The lowest BCUT2D eigenvalue weighted by Crippen LogP contribution is -2.33. The second kappa shape index (κ2) is 10.2. The van der Waals surface area contributed by atoms with Gasteiger partial charge in [-0.1, -0.05) is 29.3 Å². The van der Waals surface area contributed by atoms with E-state index in [0.29, 0.717) is 21.9 Å². The van der Waals surface area contributed by atoms with Gasteiger partial charge in [0.15, 0.2) is 0 Å². The van der Waals surface area contributed by atoms with Crippen molar-refractivity contribution >= 4 is 40.7 Å². The number of aliphatic hydroxyl groups excluding tert-OH is 2. The normalized spacial score (nSPS) is 17.9. The van der Waals surface area contributed by atoms with Gasteiger partial charge in [-0.25, -0.2) is 0 Å². The first kappa shape index (κ1) is 23.1. The van der Waals surface area contributed by atoms with Crippen LogP contribution in [0.5, 0.6) is 5.75 Å². The number of carbonyl (C=O) groups excluding carboxylic acids is 2. The number of halogens is 2. The number of likely N-dealkylation sites (tertiary alicyclic amines) is 1. The molecule has 1 saturated heterocycles. The van der Waals surface area contributed by atoms with E-state index in [1.165, 1.54) is 18.1 Å². The molecule has 0 radical (unpaired) electrons. The molecule has 7 nitrogen and oxygen atoms in total. The van der Waals surface area contributed by atoms with Crippen LogP contribution in [0.25, 0.3) is 5.76 Å². The largest absolute Gasteiger partial charge is 0.507 e. The first-order valence-corrected chi connectivity index (χ1v) is 10.2. The predicted molar refractivity (Wildman–Crippen MR) is 116 cm³/mol. The van der Waals surface area contributed by atoms with E-state index in [-0.39, 0.29) is 42.7 Å². The third-order valence-corrected chi connectivity index (χ3v) is 5.44. The van der Waals surface area contributed by atoms with Crippen molar-refractivity contribution in [1.29, 1.82) is 0 Å². The molecule has 0 saturated carbocycles. The van der Waals surface area contributed by atoms with E-state index in [1.54, 1.807) is 36.4 Å². The summed E-state index contributed by atoms with van der Waals surface area (Å²) in [5.41, 5.74) is 0.717. The topological polar surface area (TPSA) is 96.3 Å². The molecular formula is C22H21Cl2NO6. The van der Waals surface area contributed by atoms with Gasteiger partial charge in [-0.05, 0) is 42.0 Å². The van der Waals surface area contributed by atoms with Crippen LogP contribution in [0.1, 0.15) is 17.2 Å². The van der Waals surface area contributed by atoms with Gasteiger partial charge in [-0.3, -0.25) is 9.59 Å². The Morgan fingerprint density at radius 3 is 2.42 bits per heavy atom. The molecule has 0 aliphatic carbocycles. The zero-order chi connectivity index (χ0) is 22.5. The Morgan fingerprint density at radius 2 is 1.81 bits per heavy atom. The van der Waals surface area contributed by atoms with Gasteiger partial charge in [0.2, 0.25) is 0 Å². The van der Waals surface area contributed by atoms with Gasteiger partial charge in [0.1, 0.15) is 11.5 Å². The molecule has 0 bridgehead atoms. The van der Waals surface area contributed by atoms with E-state index in [0.717, 1.165) is 0 Å². The van der Waals surface area contributed by atoms with Crippen LogP contribution >= 0.6 is 23.2 Å². The number of methoxy groups -OCH3 is 1. The van der Waals surface area contributed by atoms with Gasteiger partial charge >= 0.3 is 0 Å². The summed E-state index contributed by atoms with van der Waals surface area (Å²) < 4.78 is 10.4. The molecule has 164 valence electrons. The van der Waals surface area contributed by atoms with E-state index in [9.17, 15) is 14.7 Å². The average Bonchev–Trinajstić information content (AvgIpc) is 3.01. The van der Waals surface area contributed by atoms with Crippen LogP contribution < -0.4 is 4.74 Å². The SMILES string of the molecule is COc1ccc(C(O)=C2C(=O)C(=O)N(CCOCCO)C2c2ccc(Cl)cc2Cl)cc1. The van der Waals surface area contributed by atoms with Crippen molar-refractivity contribution < 1.29 is 29.3 Å². The van der Waals surface area contributed by atoms with Crippen LogP contribution in [0, 0.1) is 0 Å². The number of ketones is 1. The lowest BCUT2D eigenvalue weighted by atomic mass is 9.95. The number of carbonyl (C=O) groups is 2. The van der Waals surface area contributed by atoms with Gasteiger partial charge in [-0.15, -0.1) is 0 Å². The number of amides is 1. The van der Waals surface area contributed by atoms with Crippen LogP contribution in [-0.4, -0.2) is 60.3 Å². The van der Waals surface area contributed by atoms with E-state index in [2.05, 4.69) is 0 Å². The van der Waals surface area contributed by atoms with Crippen LogP contribution in [0.4, 0.5) is 0 Å². The molecule has 2 aromatic carbocycles. The summed E-state index contributed by atoms with van der Waals surface area (Å²) in [6.45, 7) is 0.0936. The fraction of sp³-hybridized carbons (Fsp3) is 0.273. The van der Waals surface area contributed by atoms with Crippen LogP contribution in [-0.2, 0) is 14.3 Å². The molecule has 1 fully saturated rings.